The molecule has 3 saturated carbocycles. The molecule has 0 aromatic heterocycles. The number of hydrogen-bond acceptors (Lipinski definition) is 2. The maximum absolute atomic E-state index is 8.84. The van der Waals surface area contributed by atoms with Crippen LogP contribution in [0.2, 0.25) is 0 Å². The molecule has 0 bridgehead atoms. The third kappa shape index (κ3) is 2.60. The van der Waals surface area contributed by atoms with Crippen molar-refractivity contribution in [2.75, 3.05) is 0 Å². The quantitative estimate of drug-likeness (QED) is 0.624. The van der Waals surface area contributed by atoms with E-state index >= 15 is 0 Å². The van der Waals surface area contributed by atoms with Crippen molar-refractivity contribution in [3.05, 3.63) is 34.9 Å². The SMILES string of the molecule is CC(C)c1cccc(C(C)C)c1C1CCC2CCCC3C(=N)C(=N)C1C23. The zero-order valence-electron chi connectivity index (χ0n) is 16.8. The van der Waals surface area contributed by atoms with Crippen LogP contribution in [0.1, 0.15) is 94.2 Å². The van der Waals surface area contributed by atoms with E-state index in [9.17, 15) is 0 Å². The Bertz CT molecular complexity index is 703. The van der Waals surface area contributed by atoms with Crippen LogP contribution in [0, 0.1) is 34.5 Å². The molecule has 140 valence electrons. The highest BCUT2D eigenvalue weighted by Crippen LogP contribution is 2.57. The van der Waals surface area contributed by atoms with Gasteiger partial charge in [-0.15, -0.1) is 0 Å². The zero-order chi connectivity index (χ0) is 18.6. The molecule has 2 nitrogen and oxygen atoms in total. The van der Waals surface area contributed by atoms with Crippen LogP contribution in [0.4, 0.5) is 0 Å². The minimum Gasteiger partial charge on any atom is -0.303 e. The second-order valence-electron chi connectivity index (χ2n) is 9.57. The molecule has 0 aliphatic heterocycles. The molecule has 2 N–H and O–H groups in total. The van der Waals surface area contributed by atoms with E-state index in [0.717, 1.165) is 12.3 Å². The molecule has 1 aromatic rings. The van der Waals surface area contributed by atoms with Crippen LogP contribution >= 0.6 is 0 Å². The second-order valence-corrected chi connectivity index (χ2v) is 9.57. The molecule has 3 aliphatic carbocycles. The topological polar surface area (TPSA) is 47.7 Å². The van der Waals surface area contributed by atoms with E-state index in [1.807, 2.05) is 0 Å². The van der Waals surface area contributed by atoms with E-state index in [1.165, 1.54) is 36.8 Å². The largest absolute Gasteiger partial charge is 0.303 e. The smallest absolute Gasteiger partial charge is 0.0564 e. The lowest BCUT2D eigenvalue weighted by Gasteiger charge is -2.45. The van der Waals surface area contributed by atoms with E-state index in [2.05, 4.69) is 45.9 Å². The first-order valence-electron chi connectivity index (χ1n) is 10.7. The molecule has 0 heterocycles. The standard InChI is InChI=1S/C24H34N2/c1-13(2)16-8-6-9-17(14(3)4)21(16)18-12-11-15-7-5-10-19-20(15)22(18)24(26)23(19)25/h6,8-9,13-15,18-20,22,25-26H,5,7,10-12H2,1-4H3. The fourth-order valence-corrected chi connectivity index (χ4v) is 6.51. The third-order valence-corrected chi connectivity index (χ3v) is 7.58. The average Bonchev–Trinajstić information content (AvgIpc) is 2.89. The van der Waals surface area contributed by atoms with Gasteiger partial charge in [0, 0.05) is 11.8 Å². The minimum atomic E-state index is 0.295. The summed E-state index contributed by atoms with van der Waals surface area (Å²) in [7, 11) is 0. The molecule has 4 rings (SSSR count). The van der Waals surface area contributed by atoms with Crippen molar-refractivity contribution in [2.45, 2.75) is 77.6 Å². The fraction of sp³-hybridized carbons (Fsp3) is 0.667. The summed E-state index contributed by atoms with van der Waals surface area (Å²) in [6.07, 6.45) is 6.24. The van der Waals surface area contributed by atoms with E-state index in [-0.39, 0.29) is 0 Å². The molecule has 0 saturated heterocycles. The fourth-order valence-electron chi connectivity index (χ4n) is 6.51. The van der Waals surface area contributed by atoms with Crippen molar-refractivity contribution < 1.29 is 0 Å². The lowest BCUT2D eigenvalue weighted by molar-refractivity contribution is 0.105. The lowest BCUT2D eigenvalue weighted by atomic mass is 9.59. The zero-order valence-corrected chi connectivity index (χ0v) is 16.8. The Morgan fingerprint density at radius 3 is 2.08 bits per heavy atom. The van der Waals surface area contributed by atoms with Gasteiger partial charge in [-0.2, -0.15) is 0 Å². The van der Waals surface area contributed by atoms with Crippen LogP contribution in [-0.2, 0) is 0 Å². The molecule has 2 heteroatoms. The Hall–Kier alpha value is -1.44. The average molecular weight is 351 g/mol. The van der Waals surface area contributed by atoms with Gasteiger partial charge in [0.1, 0.15) is 0 Å². The molecule has 3 fully saturated rings. The predicted octanol–water partition coefficient (Wildman–Crippen LogP) is 6.51. The molecular weight excluding hydrogens is 316 g/mol. The summed E-state index contributed by atoms with van der Waals surface area (Å²) in [4.78, 5) is 0. The minimum absolute atomic E-state index is 0.295. The highest BCUT2D eigenvalue weighted by atomic mass is 14.7. The van der Waals surface area contributed by atoms with Crippen molar-refractivity contribution in [3.8, 4) is 0 Å². The van der Waals surface area contributed by atoms with E-state index in [4.69, 9.17) is 10.8 Å². The van der Waals surface area contributed by atoms with Gasteiger partial charge in [-0.05, 0) is 65.5 Å². The summed E-state index contributed by atoms with van der Waals surface area (Å²) in [5, 5.41) is 17.5. The van der Waals surface area contributed by atoms with Crippen molar-refractivity contribution in [2.24, 2.45) is 23.7 Å². The normalized spacial score (nSPS) is 33.8. The molecule has 1 aromatic carbocycles. The monoisotopic (exact) mass is 350 g/mol. The highest BCUT2D eigenvalue weighted by Gasteiger charge is 2.54. The first-order valence-corrected chi connectivity index (χ1v) is 10.7. The molecule has 3 aliphatic rings. The van der Waals surface area contributed by atoms with Gasteiger partial charge in [0.15, 0.2) is 0 Å². The molecule has 0 radical (unpaired) electrons. The number of rotatable bonds is 3. The van der Waals surface area contributed by atoms with Crippen LogP contribution in [0.3, 0.4) is 0 Å². The number of hydrogen-bond donors (Lipinski definition) is 2. The Balaban J connectivity index is 1.84. The van der Waals surface area contributed by atoms with Crippen LogP contribution in [-0.4, -0.2) is 11.4 Å². The molecule has 0 spiro atoms. The van der Waals surface area contributed by atoms with Crippen LogP contribution in [0.5, 0.6) is 0 Å². The van der Waals surface area contributed by atoms with Gasteiger partial charge in [-0.3, -0.25) is 0 Å². The van der Waals surface area contributed by atoms with E-state index in [0.29, 0.717) is 46.9 Å². The van der Waals surface area contributed by atoms with Gasteiger partial charge in [0.2, 0.25) is 0 Å². The summed E-state index contributed by atoms with van der Waals surface area (Å²) in [6, 6.07) is 6.87. The maximum atomic E-state index is 8.84. The third-order valence-electron chi connectivity index (χ3n) is 7.58. The summed E-state index contributed by atoms with van der Waals surface area (Å²) >= 11 is 0. The Morgan fingerprint density at radius 2 is 1.46 bits per heavy atom. The molecule has 0 amide bonds. The Morgan fingerprint density at radius 1 is 0.808 bits per heavy atom. The Labute approximate surface area is 158 Å². The first kappa shape index (κ1) is 17.9. The van der Waals surface area contributed by atoms with E-state index < -0.39 is 0 Å². The molecule has 5 atom stereocenters. The van der Waals surface area contributed by atoms with Crippen molar-refractivity contribution in [1.82, 2.24) is 0 Å². The first-order chi connectivity index (χ1) is 12.4. The van der Waals surface area contributed by atoms with Gasteiger partial charge < -0.3 is 10.8 Å². The Kier molecular flexibility index (Phi) is 4.57. The van der Waals surface area contributed by atoms with E-state index in [1.54, 1.807) is 5.56 Å². The number of benzene rings is 1. The van der Waals surface area contributed by atoms with Crippen molar-refractivity contribution in [1.29, 1.82) is 10.8 Å². The van der Waals surface area contributed by atoms with Gasteiger partial charge in [-0.25, -0.2) is 0 Å². The number of nitrogens with one attached hydrogen (secondary N) is 2. The summed E-state index contributed by atoms with van der Waals surface area (Å²) in [6.45, 7) is 9.22. The van der Waals surface area contributed by atoms with Gasteiger partial charge in [0.25, 0.3) is 0 Å². The summed E-state index contributed by atoms with van der Waals surface area (Å²) in [5.74, 6) is 3.47. The van der Waals surface area contributed by atoms with Crippen molar-refractivity contribution >= 4 is 11.4 Å². The van der Waals surface area contributed by atoms with Crippen LogP contribution in [0.25, 0.3) is 0 Å². The molecule has 5 unspecified atom stereocenters. The molecular formula is C24H34N2. The summed E-state index contributed by atoms with van der Waals surface area (Å²) < 4.78 is 0. The molecule has 26 heavy (non-hydrogen) atoms. The summed E-state index contributed by atoms with van der Waals surface area (Å²) in [5.41, 5.74) is 5.88. The van der Waals surface area contributed by atoms with Gasteiger partial charge >= 0.3 is 0 Å². The second kappa shape index (κ2) is 6.62. The van der Waals surface area contributed by atoms with Crippen LogP contribution in [0.15, 0.2) is 18.2 Å². The predicted molar refractivity (Wildman–Crippen MR) is 110 cm³/mol. The lowest BCUT2D eigenvalue weighted by Crippen LogP contribution is -2.38. The van der Waals surface area contributed by atoms with Crippen LogP contribution < -0.4 is 0 Å². The van der Waals surface area contributed by atoms with Crippen molar-refractivity contribution in [3.63, 3.8) is 0 Å². The van der Waals surface area contributed by atoms with Gasteiger partial charge in [-0.1, -0.05) is 58.7 Å². The highest BCUT2D eigenvalue weighted by molar-refractivity contribution is 6.43. The van der Waals surface area contributed by atoms with Gasteiger partial charge in [0.05, 0.1) is 11.4 Å². The maximum Gasteiger partial charge on any atom is 0.0564 e.